The molecule has 20 heavy (non-hydrogen) atoms. The minimum absolute atomic E-state index is 0.332. The van der Waals surface area contributed by atoms with Crippen LogP contribution in [0.1, 0.15) is 10.4 Å². The molecule has 0 unspecified atom stereocenters. The van der Waals surface area contributed by atoms with Crippen LogP contribution in [0.5, 0.6) is 0 Å². The third kappa shape index (κ3) is 3.14. The summed E-state index contributed by atoms with van der Waals surface area (Å²) in [5.74, 6) is -0.614. The molecule has 1 saturated heterocycles. The molecule has 4 N–H and O–H groups in total. The van der Waals surface area contributed by atoms with Crippen LogP contribution >= 0.6 is 0 Å². The molecular weight excluding hydrogens is 268 g/mol. The average molecular weight is 284 g/mol. The molecule has 7 nitrogen and oxygen atoms in total. The third-order valence-corrected chi connectivity index (χ3v) is 3.08. The van der Waals surface area contributed by atoms with Gasteiger partial charge in [0.2, 0.25) is 0 Å². The summed E-state index contributed by atoms with van der Waals surface area (Å²) in [5.41, 5.74) is 0.332. The van der Waals surface area contributed by atoms with Crippen molar-refractivity contribution < 1.29 is 34.7 Å². The Bertz CT molecular complexity index is 449. The van der Waals surface area contributed by atoms with E-state index in [0.717, 1.165) is 0 Å². The Labute approximate surface area is 115 Å². The molecule has 0 amide bonds. The molecule has 0 saturated carbocycles. The molecule has 5 atom stereocenters. The fourth-order valence-electron chi connectivity index (χ4n) is 1.88. The Morgan fingerprint density at radius 2 is 1.70 bits per heavy atom. The summed E-state index contributed by atoms with van der Waals surface area (Å²) in [6.07, 6.45) is -7.40. The van der Waals surface area contributed by atoms with E-state index in [2.05, 4.69) is 0 Å². The molecule has 0 spiro atoms. The molecule has 7 heteroatoms. The van der Waals surface area contributed by atoms with Crippen LogP contribution in [0.4, 0.5) is 0 Å². The first-order chi connectivity index (χ1) is 9.50. The number of carbonyl (C=O) groups is 1. The highest BCUT2D eigenvalue weighted by molar-refractivity contribution is 5.89. The lowest BCUT2D eigenvalue weighted by Gasteiger charge is -2.37. The van der Waals surface area contributed by atoms with E-state index in [4.69, 9.17) is 9.47 Å². The Kier molecular flexibility index (Phi) is 4.69. The first-order valence-corrected chi connectivity index (χ1v) is 6.10. The molecule has 1 heterocycles. The fraction of sp³-hybridized carbons (Fsp3) is 0.462. The van der Waals surface area contributed by atoms with Crippen molar-refractivity contribution in [1.29, 1.82) is 0 Å². The van der Waals surface area contributed by atoms with Crippen molar-refractivity contribution in [2.75, 3.05) is 6.61 Å². The zero-order valence-electron chi connectivity index (χ0n) is 10.5. The number of carbonyl (C=O) groups excluding carboxylic acids is 1. The molecule has 1 fully saturated rings. The van der Waals surface area contributed by atoms with Crippen LogP contribution < -0.4 is 0 Å². The zero-order valence-corrected chi connectivity index (χ0v) is 10.5. The topological polar surface area (TPSA) is 116 Å². The maximum atomic E-state index is 11.7. The van der Waals surface area contributed by atoms with Gasteiger partial charge in [-0.1, -0.05) is 18.2 Å². The van der Waals surface area contributed by atoms with Crippen LogP contribution in [0.2, 0.25) is 0 Å². The lowest BCUT2D eigenvalue weighted by Crippen LogP contribution is -2.58. The SMILES string of the molecule is O=C(OC[C@H]1O[C@H](O)[C@H](O)[C@@H](O)[C@H]1O)c1ccccc1. The van der Waals surface area contributed by atoms with Crippen molar-refractivity contribution in [3.05, 3.63) is 35.9 Å². The van der Waals surface area contributed by atoms with Gasteiger partial charge in [0.05, 0.1) is 5.56 Å². The second kappa shape index (κ2) is 6.29. The molecule has 0 aliphatic carbocycles. The van der Waals surface area contributed by atoms with Gasteiger partial charge in [-0.2, -0.15) is 0 Å². The predicted molar refractivity (Wildman–Crippen MR) is 65.6 cm³/mol. The number of rotatable bonds is 3. The monoisotopic (exact) mass is 284 g/mol. The van der Waals surface area contributed by atoms with Gasteiger partial charge < -0.3 is 29.9 Å². The van der Waals surface area contributed by atoms with E-state index in [-0.39, 0.29) is 6.61 Å². The standard InChI is InChI=1S/C13H16O7/c14-9-8(20-13(18)11(16)10(9)15)6-19-12(17)7-4-2-1-3-5-7/h1-5,8-11,13-16,18H,6H2/t8-,9+,10+,11-,13+/m1/s1. The zero-order chi connectivity index (χ0) is 14.7. The van der Waals surface area contributed by atoms with E-state index in [1.807, 2.05) is 0 Å². The summed E-state index contributed by atoms with van der Waals surface area (Å²) in [5, 5.41) is 37.8. The summed E-state index contributed by atoms with van der Waals surface area (Å²) in [4.78, 5) is 11.7. The van der Waals surface area contributed by atoms with E-state index in [9.17, 15) is 25.2 Å². The first-order valence-electron chi connectivity index (χ1n) is 6.10. The van der Waals surface area contributed by atoms with Gasteiger partial charge in [-0.3, -0.25) is 0 Å². The normalized spacial score (nSPS) is 33.7. The third-order valence-electron chi connectivity index (χ3n) is 3.08. The van der Waals surface area contributed by atoms with E-state index >= 15 is 0 Å². The van der Waals surface area contributed by atoms with Crippen LogP contribution in [-0.4, -0.2) is 63.7 Å². The Hall–Kier alpha value is -1.51. The van der Waals surface area contributed by atoms with Gasteiger partial charge in [-0.15, -0.1) is 0 Å². The molecule has 0 bridgehead atoms. The molecule has 1 aliphatic rings. The van der Waals surface area contributed by atoms with Crippen molar-refractivity contribution in [3.63, 3.8) is 0 Å². The van der Waals surface area contributed by atoms with E-state index < -0.39 is 36.7 Å². The highest BCUT2D eigenvalue weighted by Gasteiger charge is 2.43. The van der Waals surface area contributed by atoms with Crippen LogP contribution in [-0.2, 0) is 9.47 Å². The quantitative estimate of drug-likeness (QED) is 0.507. The molecule has 0 radical (unpaired) electrons. The summed E-state index contributed by atoms with van der Waals surface area (Å²) in [6, 6.07) is 8.22. The summed E-state index contributed by atoms with van der Waals surface area (Å²) >= 11 is 0. The van der Waals surface area contributed by atoms with Crippen molar-refractivity contribution in [2.45, 2.75) is 30.7 Å². The highest BCUT2D eigenvalue weighted by Crippen LogP contribution is 2.20. The predicted octanol–water partition coefficient (Wildman–Crippen LogP) is -1.36. The van der Waals surface area contributed by atoms with Crippen LogP contribution in [0, 0.1) is 0 Å². The number of ether oxygens (including phenoxy) is 2. The molecule has 1 aromatic rings. The second-order valence-electron chi connectivity index (χ2n) is 4.50. The Balaban J connectivity index is 1.92. The Morgan fingerprint density at radius 3 is 2.35 bits per heavy atom. The van der Waals surface area contributed by atoms with Gasteiger partial charge in [-0.05, 0) is 12.1 Å². The van der Waals surface area contributed by atoms with Crippen molar-refractivity contribution in [2.24, 2.45) is 0 Å². The lowest BCUT2D eigenvalue weighted by atomic mass is 9.99. The van der Waals surface area contributed by atoms with E-state index in [1.165, 1.54) is 0 Å². The minimum Gasteiger partial charge on any atom is -0.459 e. The number of aliphatic hydroxyl groups excluding tert-OH is 4. The molecule has 1 aliphatic heterocycles. The first kappa shape index (κ1) is 14.9. The van der Waals surface area contributed by atoms with Crippen molar-refractivity contribution in [1.82, 2.24) is 0 Å². The maximum absolute atomic E-state index is 11.7. The molecule has 2 rings (SSSR count). The lowest BCUT2D eigenvalue weighted by molar-refractivity contribution is -0.286. The maximum Gasteiger partial charge on any atom is 0.338 e. The van der Waals surface area contributed by atoms with E-state index in [0.29, 0.717) is 5.56 Å². The summed E-state index contributed by atoms with van der Waals surface area (Å²) in [7, 11) is 0. The fourth-order valence-corrected chi connectivity index (χ4v) is 1.88. The number of aliphatic hydroxyl groups is 4. The van der Waals surface area contributed by atoms with Gasteiger partial charge in [0.1, 0.15) is 31.0 Å². The van der Waals surface area contributed by atoms with Gasteiger partial charge in [0, 0.05) is 0 Å². The van der Waals surface area contributed by atoms with Gasteiger partial charge in [0.25, 0.3) is 0 Å². The Morgan fingerprint density at radius 1 is 1.05 bits per heavy atom. The van der Waals surface area contributed by atoms with Gasteiger partial charge in [-0.25, -0.2) is 4.79 Å². The minimum atomic E-state index is -1.64. The molecule has 1 aromatic carbocycles. The summed E-state index contributed by atoms with van der Waals surface area (Å²) < 4.78 is 9.83. The number of hydrogen-bond donors (Lipinski definition) is 4. The molecule has 110 valence electrons. The number of hydrogen-bond acceptors (Lipinski definition) is 7. The number of esters is 1. The summed E-state index contributed by atoms with van der Waals surface area (Å²) in [6.45, 7) is -0.351. The van der Waals surface area contributed by atoms with Crippen molar-refractivity contribution >= 4 is 5.97 Å². The van der Waals surface area contributed by atoms with Crippen LogP contribution in [0.3, 0.4) is 0 Å². The largest absolute Gasteiger partial charge is 0.459 e. The van der Waals surface area contributed by atoms with Crippen LogP contribution in [0.15, 0.2) is 30.3 Å². The number of benzene rings is 1. The second-order valence-corrected chi connectivity index (χ2v) is 4.50. The molecular formula is C13H16O7. The molecule has 0 aromatic heterocycles. The highest BCUT2D eigenvalue weighted by atomic mass is 16.6. The van der Waals surface area contributed by atoms with Crippen molar-refractivity contribution in [3.8, 4) is 0 Å². The van der Waals surface area contributed by atoms with Gasteiger partial charge in [0.15, 0.2) is 6.29 Å². The van der Waals surface area contributed by atoms with Gasteiger partial charge >= 0.3 is 5.97 Å². The van der Waals surface area contributed by atoms with E-state index in [1.54, 1.807) is 30.3 Å². The smallest absolute Gasteiger partial charge is 0.338 e. The van der Waals surface area contributed by atoms with Crippen LogP contribution in [0.25, 0.3) is 0 Å². The average Bonchev–Trinajstić information content (AvgIpc) is 2.48.